The topological polar surface area (TPSA) is 109 Å². The number of tetrazole rings is 1. The van der Waals surface area contributed by atoms with Crippen molar-refractivity contribution < 1.29 is 9.84 Å². The molecule has 0 saturated carbocycles. The number of nitrogens with zero attached hydrogens (tertiary/aromatic N) is 5. The van der Waals surface area contributed by atoms with E-state index in [1.54, 1.807) is 4.68 Å². The predicted molar refractivity (Wildman–Crippen MR) is 128 cm³/mol. The third kappa shape index (κ3) is 4.57. The van der Waals surface area contributed by atoms with Gasteiger partial charge in [-0.25, -0.2) is 4.68 Å². The van der Waals surface area contributed by atoms with Crippen molar-refractivity contribution in [2.45, 2.75) is 38.5 Å². The summed E-state index contributed by atoms with van der Waals surface area (Å²) in [6.07, 6.45) is 0.939. The number of H-pyrrole nitrogens is 1. The third-order valence-corrected chi connectivity index (χ3v) is 6.29. The Morgan fingerprint density at radius 1 is 1.15 bits per heavy atom. The van der Waals surface area contributed by atoms with E-state index in [2.05, 4.69) is 25.4 Å². The Hall–Kier alpha value is -3.56. The van der Waals surface area contributed by atoms with Gasteiger partial charge in [0, 0.05) is 29.6 Å². The molecule has 9 nitrogen and oxygen atoms in total. The average Bonchev–Trinajstić information content (AvgIpc) is 3.29. The molecule has 0 spiro atoms. The molecule has 5 rings (SSSR count). The standard InChI is InChI=1S/C25H28N6O3/c1-2-34-20-8-9-22-18(14-20)15-21(25(33)26-22)23(30-12-10-19(32)11-13-30)24-27-28-29-31(24)16-17-6-4-3-5-7-17/h3-9,14-15,19,23,32H,2,10-13,16H2,1H3,(H,26,33). The van der Waals surface area contributed by atoms with Crippen molar-refractivity contribution in [1.29, 1.82) is 0 Å². The summed E-state index contributed by atoms with van der Waals surface area (Å²) < 4.78 is 7.42. The summed E-state index contributed by atoms with van der Waals surface area (Å²) in [7, 11) is 0. The highest BCUT2D eigenvalue weighted by atomic mass is 16.5. The SMILES string of the molecule is CCOc1ccc2[nH]c(=O)c(C(c3nnnn3Cc3ccccc3)N3CCC(O)CC3)cc2c1. The van der Waals surface area contributed by atoms with E-state index in [4.69, 9.17) is 4.74 Å². The molecule has 34 heavy (non-hydrogen) atoms. The van der Waals surface area contributed by atoms with Crippen LogP contribution in [0.3, 0.4) is 0 Å². The number of hydrogen-bond donors (Lipinski definition) is 2. The molecule has 1 unspecified atom stereocenters. The van der Waals surface area contributed by atoms with Crippen molar-refractivity contribution in [3.05, 3.63) is 81.9 Å². The number of piperidine rings is 1. The fraction of sp³-hybridized carbons (Fsp3) is 0.360. The van der Waals surface area contributed by atoms with Gasteiger partial charge in [0.05, 0.1) is 19.3 Å². The van der Waals surface area contributed by atoms with Crippen LogP contribution in [0.5, 0.6) is 5.75 Å². The normalized spacial score (nSPS) is 16.1. The summed E-state index contributed by atoms with van der Waals surface area (Å²) in [6, 6.07) is 17.1. The van der Waals surface area contributed by atoms with Crippen LogP contribution >= 0.6 is 0 Å². The van der Waals surface area contributed by atoms with E-state index in [1.165, 1.54) is 0 Å². The van der Waals surface area contributed by atoms with E-state index in [-0.39, 0.29) is 11.7 Å². The van der Waals surface area contributed by atoms with Crippen molar-refractivity contribution in [3.63, 3.8) is 0 Å². The zero-order valence-electron chi connectivity index (χ0n) is 19.1. The molecule has 4 aromatic rings. The lowest BCUT2D eigenvalue weighted by atomic mass is 9.99. The number of likely N-dealkylation sites (tertiary alicyclic amines) is 1. The van der Waals surface area contributed by atoms with E-state index in [0.29, 0.717) is 50.5 Å². The highest BCUT2D eigenvalue weighted by Crippen LogP contribution is 2.30. The minimum absolute atomic E-state index is 0.179. The van der Waals surface area contributed by atoms with Crippen molar-refractivity contribution in [2.75, 3.05) is 19.7 Å². The number of benzene rings is 2. The first kappa shape index (κ1) is 22.2. The Balaban J connectivity index is 1.60. The van der Waals surface area contributed by atoms with Crippen molar-refractivity contribution in [3.8, 4) is 5.75 Å². The second kappa shape index (κ2) is 9.74. The largest absolute Gasteiger partial charge is 0.494 e. The summed E-state index contributed by atoms with van der Waals surface area (Å²) >= 11 is 0. The Kier molecular flexibility index (Phi) is 6.37. The zero-order valence-corrected chi connectivity index (χ0v) is 19.1. The third-order valence-electron chi connectivity index (χ3n) is 6.29. The van der Waals surface area contributed by atoms with Gasteiger partial charge in [-0.05, 0) is 60.0 Å². The second-order valence-electron chi connectivity index (χ2n) is 8.59. The monoisotopic (exact) mass is 460 g/mol. The van der Waals surface area contributed by atoms with Gasteiger partial charge in [-0.3, -0.25) is 9.69 Å². The number of aliphatic hydroxyl groups excluding tert-OH is 1. The van der Waals surface area contributed by atoms with E-state index in [9.17, 15) is 9.90 Å². The Labute approximate surface area is 197 Å². The summed E-state index contributed by atoms with van der Waals surface area (Å²) in [5.41, 5.74) is 2.20. The molecule has 2 aromatic carbocycles. The molecule has 9 heteroatoms. The van der Waals surface area contributed by atoms with Gasteiger partial charge in [-0.1, -0.05) is 30.3 Å². The van der Waals surface area contributed by atoms with Crippen LogP contribution < -0.4 is 10.3 Å². The van der Waals surface area contributed by atoms with Crippen LogP contribution in [-0.4, -0.2) is 61.0 Å². The maximum atomic E-state index is 13.3. The zero-order chi connectivity index (χ0) is 23.5. The molecule has 0 aliphatic carbocycles. The van der Waals surface area contributed by atoms with Crippen LogP contribution in [0.4, 0.5) is 0 Å². The molecular weight excluding hydrogens is 432 g/mol. The minimum Gasteiger partial charge on any atom is -0.494 e. The van der Waals surface area contributed by atoms with Gasteiger partial charge < -0.3 is 14.8 Å². The molecule has 1 fully saturated rings. The maximum absolute atomic E-state index is 13.3. The Bertz CT molecular complexity index is 1310. The highest BCUT2D eigenvalue weighted by Gasteiger charge is 2.32. The van der Waals surface area contributed by atoms with E-state index >= 15 is 0 Å². The molecule has 3 heterocycles. The Morgan fingerprint density at radius 3 is 2.71 bits per heavy atom. The fourth-order valence-electron chi connectivity index (χ4n) is 4.58. The number of ether oxygens (including phenoxy) is 1. The van der Waals surface area contributed by atoms with E-state index in [1.807, 2.05) is 61.5 Å². The number of pyridine rings is 1. The van der Waals surface area contributed by atoms with Crippen LogP contribution in [0.15, 0.2) is 59.4 Å². The quantitative estimate of drug-likeness (QED) is 0.436. The molecule has 0 amide bonds. The van der Waals surface area contributed by atoms with Gasteiger partial charge in [0.25, 0.3) is 5.56 Å². The molecule has 176 valence electrons. The molecule has 1 saturated heterocycles. The molecule has 2 aromatic heterocycles. The maximum Gasteiger partial charge on any atom is 0.253 e. The van der Waals surface area contributed by atoms with Crippen LogP contribution in [0, 0.1) is 0 Å². The van der Waals surface area contributed by atoms with E-state index < -0.39 is 6.04 Å². The first-order chi connectivity index (χ1) is 16.6. The van der Waals surface area contributed by atoms with Crippen LogP contribution in [0.25, 0.3) is 10.9 Å². The first-order valence-electron chi connectivity index (χ1n) is 11.6. The second-order valence-corrected chi connectivity index (χ2v) is 8.59. The fourth-order valence-corrected chi connectivity index (χ4v) is 4.58. The molecule has 1 atom stereocenters. The average molecular weight is 461 g/mol. The number of rotatable bonds is 7. The molecular formula is C25H28N6O3. The van der Waals surface area contributed by atoms with Crippen molar-refractivity contribution in [1.82, 2.24) is 30.1 Å². The summed E-state index contributed by atoms with van der Waals surface area (Å²) in [6.45, 7) is 4.28. The summed E-state index contributed by atoms with van der Waals surface area (Å²) in [5, 5.41) is 23.5. The number of aromatic amines is 1. The molecule has 2 N–H and O–H groups in total. The van der Waals surface area contributed by atoms with Gasteiger partial charge in [0.2, 0.25) is 0 Å². The number of nitrogens with one attached hydrogen (secondary N) is 1. The number of fused-ring (bicyclic) bond motifs is 1. The smallest absolute Gasteiger partial charge is 0.253 e. The number of aromatic nitrogens is 5. The minimum atomic E-state index is -0.449. The molecule has 0 radical (unpaired) electrons. The highest BCUT2D eigenvalue weighted by molar-refractivity contribution is 5.80. The van der Waals surface area contributed by atoms with Crippen LogP contribution in [-0.2, 0) is 6.54 Å². The van der Waals surface area contributed by atoms with Crippen molar-refractivity contribution in [2.24, 2.45) is 0 Å². The van der Waals surface area contributed by atoms with Gasteiger partial charge in [0.15, 0.2) is 5.82 Å². The molecule has 1 aliphatic heterocycles. The van der Waals surface area contributed by atoms with Gasteiger partial charge in [-0.2, -0.15) is 0 Å². The van der Waals surface area contributed by atoms with Gasteiger partial charge in [0.1, 0.15) is 11.8 Å². The molecule has 0 bridgehead atoms. The Morgan fingerprint density at radius 2 is 1.94 bits per heavy atom. The summed E-state index contributed by atoms with van der Waals surface area (Å²) in [5.74, 6) is 1.35. The van der Waals surface area contributed by atoms with Crippen LogP contribution in [0.1, 0.15) is 42.8 Å². The number of hydrogen-bond acceptors (Lipinski definition) is 7. The lowest BCUT2D eigenvalue weighted by Gasteiger charge is -2.35. The van der Waals surface area contributed by atoms with Crippen LogP contribution in [0.2, 0.25) is 0 Å². The van der Waals surface area contributed by atoms with Crippen molar-refractivity contribution >= 4 is 10.9 Å². The number of aliphatic hydroxyl groups is 1. The van der Waals surface area contributed by atoms with E-state index in [0.717, 1.165) is 22.2 Å². The molecule has 1 aliphatic rings. The summed E-state index contributed by atoms with van der Waals surface area (Å²) in [4.78, 5) is 18.5. The first-order valence-corrected chi connectivity index (χ1v) is 11.6. The predicted octanol–water partition coefficient (Wildman–Crippen LogP) is 2.51. The van der Waals surface area contributed by atoms with Gasteiger partial charge >= 0.3 is 0 Å². The lowest BCUT2D eigenvalue weighted by Crippen LogP contribution is -2.41. The van der Waals surface area contributed by atoms with Gasteiger partial charge in [-0.15, -0.1) is 5.10 Å². The lowest BCUT2D eigenvalue weighted by molar-refractivity contribution is 0.0659.